The molecule has 0 radical (unpaired) electrons. The van der Waals surface area contributed by atoms with Crippen LogP contribution in [0.5, 0.6) is 0 Å². The van der Waals surface area contributed by atoms with Gasteiger partial charge in [0.1, 0.15) is 0 Å². The summed E-state index contributed by atoms with van der Waals surface area (Å²) in [6.45, 7) is 2.07. The monoisotopic (exact) mass is 339 g/mol. The van der Waals surface area contributed by atoms with Crippen LogP contribution in [0.1, 0.15) is 42.1 Å². The fourth-order valence-electron chi connectivity index (χ4n) is 2.81. The van der Waals surface area contributed by atoms with Crippen LogP contribution in [0, 0.1) is 0 Å². The number of halogens is 3. The predicted molar refractivity (Wildman–Crippen MR) is 77.9 cm³/mol. The minimum Gasteiger partial charge on any atom is -0.339 e. The number of hydrogen-bond acceptors (Lipinski definition) is 4. The molecule has 8 heteroatoms. The number of rotatable bonds is 4. The summed E-state index contributed by atoms with van der Waals surface area (Å²) in [6.07, 6.45) is -3.66. The van der Waals surface area contributed by atoms with Gasteiger partial charge in [-0.05, 0) is 11.6 Å². The van der Waals surface area contributed by atoms with E-state index in [-0.39, 0.29) is 36.9 Å². The van der Waals surface area contributed by atoms with Crippen molar-refractivity contribution in [3.63, 3.8) is 0 Å². The predicted octanol–water partition coefficient (Wildman–Crippen LogP) is 3.17. The summed E-state index contributed by atoms with van der Waals surface area (Å²) in [4.78, 5) is 17.8. The van der Waals surface area contributed by atoms with E-state index in [1.807, 2.05) is 6.92 Å². The first-order chi connectivity index (χ1) is 11.4. The summed E-state index contributed by atoms with van der Waals surface area (Å²) < 4.78 is 44.3. The smallest absolute Gasteiger partial charge is 0.339 e. The summed E-state index contributed by atoms with van der Waals surface area (Å²) in [5.41, 5.74) is -0.633. The lowest BCUT2D eigenvalue weighted by molar-refractivity contribution is -0.139. The normalized spacial score (nSPS) is 18.4. The maximum atomic E-state index is 13.1. The minimum absolute atomic E-state index is 0.0822. The van der Waals surface area contributed by atoms with Crippen molar-refractivity contribution in [3.05, 3.63) is 47.1 Å². The Morgan fingerprint density at radius 2 is 2.08 bits per heavy atom. The van der Waals surface area contributed by atoms with Gasteiger partial charge in [0, 0.05) is 25.9 Å². The summed E-state index contributed by atoms with van der Waals surface area (Å²) >= 11 is 0. The van der Waals surface area contributed by atoms with E-state index >= 15 is 0 Å². The molecular weight excluding hydrogens is 323 g/mol. The first-order valence-corrected chi connectivity index (χ1v) is 7.63. The molecule has 0 spiro atoms. The van der Waals surface area contributed by atoms with Gasteiger partial charge in [0.25, 0.3) is 0 Å². The first kappa shape index (κ1) is 16.5. The van der Waals surface area contributed by atoms with Crippen molar-refractivity contribution in [3.8, 4) is 0 Å². The van der Waals surface area contributed by atoms with Gasteiger partial charge < -0.3 is 9.42 Å². The maximum Gasteiger partial charge on any atom is 0.416 e. The van der Waals surface area contributed by atoms with Crippen LogP contribution in [0.15, 0.2) is 28.8 Å². The van der Waals surface area contributed by atoms with Gasteiger partial charge in [-0.25, -0.2) is 0 Å². The molecule has 1 fully saturated rings. The topological polar surface area (TPSA) is 59.2 Å². The second kappa shape index (κ2) is 6.26. The van der Waals surface area contributed by atoms with Gasteiger partial charge in [0.05, 0.1) is 11.5 Å². The fraction of sp³-hybridized carbons (Fsp3) is 0.438. The number of hydrogen-bond donors (Lipinski definition) is 0. The minimum atomic E-state index is -4.44. The van der Waals surface area contributed by atoms with Crippen LogP contribution in [-0.4, -0.2) is 27.5 Å². The molecule has 128 valence electrons. The second-order valence-electron chi connectivity index (χ2n) is 5.73. The summed E-state index contributed by atoms with van der Waals surface area (Å²) in [6, 6.07) is 5.30. The van der Waals surface area contributed by atoms with Crippen LogP contribution in [-0.2, 0) is 23.9 Å². The van der Waals surface area contributed by atoms with Crippen molar-refractivity contribution < 1.29 is 22.5 Å². The third-order valence-corrected chi connectivity index (χ3v) is 4.05. The van der Waals surface area contributed by atoms with Gasteiger partial charge >= 0.3 is 6.18 Å². The molecule has 5 nitrogen and oxygen atoms in total. The molecule has 1 aliphatic rings. The highest BCUT2D eigenvalue weighted by Gasteiger charge is 2.37. The Bertz CT molecular complexity index is 742. The highest BCUT2D eigenvalue weighted by atomic mass is 19.4. The van der Waals surface area contributed by atoms with Crippen LogP contribution in [0.2, 0.25) is 0 Å². The van der Waals surface area contributed by atoms with Crippen LogP contribution < -0.4 is 0 Å². The molecular formula is C16H16F3N3O2. The number of aromatic nitrogens is 2. The number of nitrogens with zero attached hydrogens (tertiary/aromatic N) is 3. The molecule has 0 N–H and O–H groups in total. The van der Waals surface area contributed by atoms with Gasteiger partial charge in [0.2, 0.25) is 11.8 Å². The molecule has 0 saturated carbocycles. The lowest BCUT2D eigenvalue weighted by Gasteiger charge is -2.19. The van der Waals surface area contributed by atoms with Gasteiger partial charge in [-0.3, -0.25) is 4.79 Å². The van der Waals surface area contributed by atoms with Crippen molar-refractivity contribution in [2.24, 2.45) is 0 Å². The van der Waals surface area contributed by atoms with E-state index < -0.39 is 11.7 Å². The van der Waals surface area contributed by atoms with E-state index in [1.54, 1.807) is 0 Å². The number of aryl methyl sites for hydroxylation is 1. The molecule has 0 bridgehead atoms. The quantitative estimate of drug-likeness (QED) is 0.858. The number of likely N-dealkylation sites (tertiary alicyclic amines) is 1. The molecule has 1 atom stereocenters. The zero-order valence-electron chi connectivity index (χ0n) is 13.0. The molecule has 0 aliphatic carbocycles. The van der Waals surface area contributed by atoms with Gasteiger partial charge in [-0.2, -0.15) is 18.2 Å². The summed E-state index contributed by atoms with van der Waals surface area (Å²) in [5, 5.41) is 3.80. The molecule has 1 amide bonds. The molecule has 1 aromatic carbocycles. The van der Waals surface area contributed by atoms with Crippen molar-refractivity contribution in [2.75, 3.05) is 6.54 Å². The fourth-order valence-corrected chi connectivity index (χ4v) is 2.81. The van der Waals surface area contributed by atoms with Crippen molar-refractivity contribution >= 4 is 5.91 Å². The Hall–Kier alpha value is -2.38. The molecule has 1 saturated heterocycles. The average molecular weight is 339 g/mol. The Labute approximate surface area is 136 Å². The Morgan fingerprint density at radius 1 is 1.33 bits per heavy atom. The van der Waals surface area contributed by atoms with E-state index in [0.717, 1.165) is 6.07 Å². The van der Waals surface area contributed by atoms with Crippen LogP contribution >= 0.6 is 0 Å². The highest BCUT2D eigenvalue weighted by Crippen LogP contribution is 2.34. The average Bonchev–Trinajstić information content (AvgIpc) is 3.14. The Balaban J connectivity index is 1.76. The number of benzene rings is 1. The molecule has 2 aromatic rings. The molecule has 1 aromatic heterocycles. The zero-order valence-corrected chi connectivity index (χ0v) is 13.0. The van der Waals surface area contributed by atoms with E-state index in [0.29, 0.717) is 18.1 Å². The lowest BCUT2D eigenvalue weighted by Crippen LogP contribution is -2.26. The van der Waals surface area contributed by atoms with Crippen molar-refractivity contribution in [2.45, 2.75) is 38.4 Å². The first-order valence-electron chi connectivity index (χ1n) is 7.63. The van der Waals surface area contributed by atoms with Crippen LogP contribution in [0.4, 0.5) is 13.2 Å². The SMILES string of the molecule is CCc1noc(C2CC(=O)N(Cc3ccccc3C(F)(F)F)C2)n1. The van der Waals surface area contributed by atoms with Gasteiger partial charge in [-0.1, -0.05) is 30.3 Å². The van der Waals surface area contributed by atoms with E-state index in [2.05, 4.69) is 10.1 Å². The van der Waals surface area contributed by atoms with Crippen LogP contribution in [0.3, 0.4) is 0 Å². The van der Waals surface area contributed by atoms with Crippen molar-refractivity contribution in [1.82, 2.24) is 15.0 Å². The maximum absolute atomic E-state index is 13.1. The van der Waals surface area contributed by atoms with E-state index in [9.17, 15) is 18.0 Å². The Morgan fingerprint density at radius 3 is 2.75 bits per heavy atom. The van der Waals surface area contributed by atoms with Crippen molar-refractivity contribution in [1.29, 1.82) is 0 Å². The van der Waals surface area contributed by atoms with Crippen LogP contribution in [0.25, 0.3) is 0 Å². The molecule has 1 unspecified atom stereocenters. The largest absolute Gasteiger partial charge is 0.416 e. The molecule has 24 heavy (non-hydrogen) atoms. The van der Waals surface area contributed by atoms with Gasteiger partial charge in [0.15, 0.2) is 5.82 Å². The summed E-state index contributed by atoms with van der Waals surface area (Å²) in [5.74, 6) is 0.432. The van der Waals surface area contributed by atoms with E-state index in [4.69, 9.17) is 4.52 Å². The van der Waals surface area contributed by atoms with E-state index in [1.165, 1.54) is 23.1 Å². The third kappa shape index (κ3) is 3.27. The second-order valence-corrected chi connectivity index (χ2v) is 5.73. The third-order valence-electron chi connectivity index (χ3n) is 4.05. The number of alkyl halides is 3. The number of carbonyl (C=O) groups excluding carboxylic acids is 1. The zero-order chi connectivity index (χ0) is 17.3. The standard InChI is InChI=1S/C16H16F3N3O2/c1-2-13-20-15(24-21-13)11-7-14(23)22(9-11)8-10-5-3-4-6-12(10)16(17,18)19/h3-6,11H,2,7-9H2,1H3. The Kier molecular flexibility index (Phi) is 4.29. The highest BCUT2D eigenvalue weighted by molar-refractivity contribution is 5.79. The molecule has 1 aliphatic heterocycles. The van der Waals surface area contributed by atoms with Gasteiger partial charge in [-0.15, -0.1) is 0 Å². The number of carbonyl (C=O) groups is 1. The molecule has 2 heterocycles. The molecule has 3 rings (SSSR count). The summed E-state index contributed by atoms with van der Waals surface area (Å²) in [7, 11) is 0. The number of amides is 1. The lowest BCUT2D eigenvalue weighted by atomic mass is 10.1.